The first kappa shape index (κ1) is 11.2. The molecular weight excluding hydrogens is 266 g/mol. The topological polar surface area (TPSA) is 3.88 Å². The fourth-order valence-corrected chi connectivity index (χ4v) is 2.78. The third-order valence-electron chi connectivity index (χ3n) is 4.09. The van der Waals surface area contributed by atoms with Crippen molar-refractivity contribution in [2.75, 3.05) is 0 Å². The highest BCUT2D eigenvalue weighted by molar-refractivity contribution is 5.71. The third-order valence-corrected chi connectivity index (χ3v) is 4.09. The second kappa shape index (κ2) is 5.76. The first-order valence-corrected chi connectivity index (χ1v) is 7.44. The summed E-state index contributed by atoms with van der Waals surface area (Å²) < 4.78 is 24.9. The maximum absolute atomic E-state index is 7.67. The van der Waals surface area contributed by atoms with Crippen LogP contribution in [0.25, 0.3) is 22.4 Å². The predicted molar refractivity (Wildman–Crippen MR) is 92.7 cm³/mol. The third kappa shape index (κ3) is 2.67. The lowest BCUT2D eigenvalue weighted by Crippen LogP contribution is -2.31. The van der Waals surface area contributed by atoms with E-state index in [0.29, 0.717) is 5.56 Å². The van der Waals surface area contributed by atoms with Crippen molar-refractivity contribution < 1.29 is 8.68 Å². The number of hydrogen-bond donors (Lipinski definition) is 0. The highest BCUT2D eigenvalue weighted by atomic mass is 14.9. The highest BCUT2D eigenvalue weighted by Gasteiger charge is 2.14. The fraction of sp³-hybridized carbons (Fsp3) is 0.190. The number of hydrogen-bond acceptors (Lipinski definition) is 0. The zero-order chi connectivity index (χ0) is 18.2. The molecule has 0 amide bonds. The molecule has 0 N–H and O–H groups in total. The SMILES string of the molecule is [2H]C([2H])([2H])c1c[n+](C)c(-c2ccc(-c3ccccc3)cc2C)cc1C. The zero-order valence-electron chi connectivity index (χ0n) is 16.2. The second-order valence-electron chi connectivity index (χ2n) is 5.76. The maximum Gasteiger partial charge on any atom is 0.212 e. The van der Waals surface area contributed by atoms with E-state index in [1.807, 2.05) is 42.8 Å². The van der Waals surface area contributed by atoms with E-state index in [2.05, 4.69) is 37.3 Å². The molecule has 22 heavy (non-hydrogen) atoms. The Bertz CT molecular complexity index is 912. The summed E-state index contributed by atoms with van der Waals surface area (Å²) in [4.78, 5) is 0. The van der Waals surface area contributed by atoms with E-state index >= 15 is 0 Å². The zero-order valence-corrected chi connectivity index (χ0v) is 13.2. The van der Waals surface area contributed by atoms with Crippen molar-refractivity contribution >= 4 is 0 Å². The summed E-state index contributed by atoms with van der Waals surface area (Å²) in [6.45, 7) is 1.86. The van der Waals surface area contributed by atoms with Gasteiger partial charge in [0.25, 0.3) is 0 Å². The van der Waals surface area contributed by atoms with E-state index in [-0.39, 0.29) is 0 Å². The van der Waals surface area contributed by atoms with Gasteiger partial charge in [0.15, 0.2) is 6.20 Å². The summed E-state index contributed by atoms with van der Waals surface area (Å²) in [5.74, 6) is 0. The van der Waals surface area contributed by atoms with Gasteiger partial charge < -0.3 is 0 Å². The largest absolute Gasteiger partial charge is 0.212 e. The molecule has 1 aromatic heterocycles. The Morgan fingerprint density at radius 2 is 1.59 bits per heavy atom. The molecule has 0 fully saturated rings. The molecule has 0 saturated carbocycles. The van der Waals surface area contributed by atoms with Crippen LogP contribution in [0.2, 0.25) is 0 Å². The Morgan fingerprint density at radius 3 is 2.27 bits per heavy atom. The molecular formula is C21H22N+. The first-order chi connectivity index (χ1) is 11.8. The molecule has 0 aliphatic carbocycles. The highest BCUT2D eigenvalue weighted by Crippen LogP contribution is 2.27. The van der Waals surface area contributed by atoms with Crippen LogP contribution in [0.4, 0.5) is 0 Å². The molecule has 3 aromatic rings. The molecule has 0 aliphatic heterocycles. The molecule has 0 unspecified atom stereocenters. The molecule has 1 heteroatoms. The molecule has 3 rings (SSSR count). The van der Waals surface area contributed by atoms with Crippen LogP contribution in [0, 0.1) is 20.7 Å². The van der Waals surface area contributed by atoms with Gasteiger partial charge >= 0.3 is 0 Å². The molecule has 1 nitrogen and oxygen atoms in total. The van der Waals surface area contributed by atoms with Crippen LogP contribution < -0.4 is 4.57 Å². The average molecular weight is 291 g/mol. The van der Waals surface area contributed by atoms with Gasteiger partial charge in [-0.3, -0.25) is 0 Å². The summed E-state index contributed by atoms with van der Waals surface area (Å²) in [6, 6.07) is 18.7. The van der Waals surface area contributed by atoms with Crippen LogP contribution in [0.5, 0.6) is 0 Å². The quantitative estimate of drug-likeness (QED) is 0.599. The molecule has 0 radical (unpaired) electrons. The van der Waals surface area contributed by atoms with Crippen LogP contribution in [0.15, 0.2) is 60.8 Å². The van der Waals surface area contributed by atoms with Crippen molar-refractivity contribution in [2.45, 2.75) is 20.7 Å². The Morgan fingerprint density at radius 1 is 0.818 bits per heavy atom. The van der Waals surface area contributed by atoms with E-state index in [4.69, 9.17) is 4.11 Å². The lowest BCUT2D eigenvalue weighted by molar-refractivity contribution is -0.660. The Kier molecular flexibility index (Phi) is 2.93. The summed E-state index contributed by atoms with van der Waals surface area (Å²) in [5, 5.41) is 0. The van der Waals surface area contributed by atoms with Gasteiger partial charge in [-0.05, 0) is 49.0 Å². The summed E-state index contributed by atoms with van der Waals surface area (Å²) in [7, 11) is 1.90. The van der Waals surface area contributed by atoms with Gasteiger partial charge in [-0.2, -0.15) is 0 Å². The van der Waals surface area contributed by atoms with E-state index in [1.54, 1.807) is 6.20 Å². The van der Waals surface area contributed by atoms with Crippen LogP contribution >= 0.6 is 0 Å². The Hall–Kier alpha value is -2.41. The van der Waals surface area contributed by atoms with Gasteiger partial charge in [0, 0.05) is 21.3 Å². The van der Waals surface area contributed by atoms with Crippen molar-refractivity contribution in [3.63, 3.8) is 0 Å². The smallest absolute Gasteiger partial charge is 0.201 e. The van der Waals surface area contributed by atoms with Gasteiger partial charge in [0.1, 0.15) is 7.05 Å². The van der Waals surface area contributed by atoms with E-state index in [1.165, 1.54) is 11.1 Å². The minimum Gasteiger partial charge on any atom is -0.201 e. The van der Waals surface area contributed by atoms with Gasteiger partial charge in [-0.1, -0.05) is 42.5 Å². The van der Waals surface area contributed by atoms with E-state index in [0.717, 1.165) is 22.4 Å². The fourth-order valence-electron chi connectivity index (χ4n) is 2.78. The molecule has 0 bridgehead atoms. The number of rotatable bonds is 2. The first-order valence-electron chi connectivity index (χ1n) is 8.94. The number of pyridine rings is 1. The molecule has 0 aliphatic rings. The minimum atomic E-state index is -2.09. The molecule has 1 heterocycles. The van der Waals surface area contributed by atoms with E-state index < -0.39 is 6.85 Å². The normalized spacial score (nSPS) is 13.3. The molecule has 0 saturated heterocycles. The summed E-state index contributed by atoms with van der Waals surface area (Å²) in [6.07, 6.45) is 1.72. The van der Waals surface area contributed by atoms with Gasteiger partial charge in [-0.15, -0.1) is 0 Å². The Labute approximate surface area is 137 Å². The second-order valence-corrected chi connectivity index (χ2v) is 5.76. The van der Waals surface area contributed by atoms with Crippen LogP contribution in [-0.4, -0.2) is 0 Å². The average Bonchev–Trinajstić information content (AvgIpc) is 2.56. The van der Waals surface area contributed by atoms with Crippen molar-refractivity contribution in [3.8, 4) is 22.4 Å². The summed E-state index contributed by atoms with van der Waals surface area (Å²) >= 11 is 0. The van der Waals surface area contributed by atoms with Crippen LogP contribution in [-0.2, 0) is 7.05 Å². The maximum atomic E-state index is 7.67. The number of nitrogens with zero attached hydrogens (tertiary/aromatic N) is 1. The van der Waals surface area contributed by atoms with Crippen molar-refractivity contribution in [1.29, 1.82) is 0 Å². The van der Waals surface area contributed by atoms with Gasteiger partial charge in [-0.25, -0.2) is 4.57 Å². The van der Waals surface area contributed by atoms with E-state index in [9.17, 15) is 0 Å². The molecule has 2 aromatic carbocycles. The lowest BCUT2D eigenvalue weighted by Gasteiger charge is -2.09. The molecule has 110 valence electrons. The minimum absolute atomic E-state index is 0.400. The molecule has 0 spiro atoms. The number of aryl methyl sites for hydroxylation is 4. The number of aromatic nitrogens is 1. The monoisotopic (exact) mass is 291 g/mol. The van der Waals surface area contributed by atoms with Crippen LogP contribution in [0.1, 0.15) is 20.8 Å². The Balaban J connectivity index is 2.07. The standard InChI is InChI=1S/C21H22N/c1-15-13-21(22(4)14-17(15)3)20-11-10-19(12-16(20)2)18-8-6-5-7-9-18/h5-14H,1-4H3/q+1/i3D3. The summed E-state index contributed by atoms with van der Waals surface area (Å²) in [5.41, 5.74) is 6.86. The molecule has 0 atom stereocenters. The van der Waals surface area contributed by atoms with Gasteiger partial charge in [0.05, 0.1) is 0 Å². The lowest BCUT2D eigenvalue weighted by atomic mass is 9.97. The van der Waals surface area contributed by atoms with Gasteiger partial charge in [0.2, 0.25) is 5.69 Å². The van der Waals surface area contributed by atoms with Crippen molar-refractivity contribution in [3.05, 3.63) is 77.5 Å². The predicted octanol–water partition coefficient (Wildman–Crippen LogP) is 4.77. The van der Waals surface area contributed by atoms with Crippen LogP contribution in [0.3, 0.4) is 0 Å². The number of benzene rings is 2. The van der Waals surface area contributed by atoms with Crippen molar-refractivity contribution in [2.24, 2.45) is 7.05 Å². The van der Waals surface area contributed by atoms with Crippen molar-refractivity contribution in [1.82, 2.24) is 0 Å².